The van der Waals surface area contributed by atoms with Crippen LogP contribution in [0.3, 0.4) is 0 Å². The lowest BCUT2D eigenvalue weighted by Gasteiger charge is -2.03. The molecule has 0 radical (unpaired) electrons. The molecule has 0 fully saturated rings. The molecule has 0 aliphatic heterocycles. The van der Waals surface area contributed by atoms with E-state index in [0.717, 1.165) is 0 Å². The fraction of sp³-hybridized carbons (Fsp3) is 0.176. The van der Waals surface area contributed by atoms with E-state index in [9.17, 15) is 30.4 Å². The first-order valence-corrected chi connectivity index (χ1v) is 7.75. The Morgan fingerprint density at radius 1 is 0.963 bits per heavy atom. The zero-order chi connectivity index (χ0) is 20.0. The molecule has 27 heavy (non-hydrogen) atoms. The van der Waals surface area contributed by atoms with Gasteiger partial charge in [0.25, 0.3) is 11.4 Å². The van der Waals surface area contributed by atoms with Crippen molar-refractivity contribution in [3.8, 4) is 11.5 Å². The van der Waals surface area contributed by atoms with Crippen molar-refractivity contribution in [2.45, 2.75) is 13.0 Å². The minimum atomic E-state index is -0.574. The Morgan fingerprint density at radius 3 is 1.93 bits per heavy atom. The average Bonchev–Trinajstić information content (AvgIpc) is 2.62. The zero-order valence-corrected chi connectivity index (χ0v) is 14.2. The van der Waals surface area contributed by atoms with Gasteiger partial charge >= 0.3 is 0 Å². The van der Waals surface area contributed by atoms with Crippen LogP contribution in [0.25, 0.3) is 0 Å². The van der Waals surface area contributed by atoms with E-state index < -0.39 is 9.85 Å². The van der Waals surface area contributed by atoms with E-state index in [1.165, 1.54) is 48.8 Å². The molecule has 140 valence electrons. The largest absolute Gasteiger partial charge is 0.507 e. The molecule has 2 aromatic rings. The highest BCUT2D eigenvalue weighted by atomic mass is 16.6. The average molecular weight is 372 g/mol. The number of aliphatic imine (C=N–C) groups is 2. The second kappa shape index (κ2) is 8.52. The first-order chi connectivity index (χ1) is 12.8. The summed E-state index contributed by atoms with van der Waals surface area (Å²) in [5.41, 5.74) is 0.0793. The van der Waals surface area contributed by atoms with Crippen molar-refractivity contribution < 1.29 is 20.1 Å². The van der Waals surface area contributed by atoms with E-state index in [2.05, 4.69) is 9.98 Å². The maximum Gasteiger partial charge on any atom is 0.270 e. The van der Waals surface area contributed by atoms with Gasteiger partial charge in [-0.15, -0.1) is 0 Å². The zero-order valence-electron chi connectivity index (χ0n) is 14.2. The van der Waals surface area contributed by atoms with Gasteiger partial charge < -0.3 is 10.2 Å². The molecule has 0 aliphatic carbocycles. The summed E-state index contributed by atoms with van der Waals surface area (Å²) in [7, 11) is 0. The highest BCUT2D eigenvalue weighted by Crippen LogP contribution is 2.22. The van der Waals surface area contributed by atoms with Crippen LogP contribution in [-0.2, 0) is 0 Å². The number of nitro benzene ring substituents is 2. The van der Waals surface area contributed by atoms with Gasteiger partial charge in [-0.05, 0) is 19.1 Å². The molecule has 0 amide bonds. The molecule has 2 aromatic carbocycles. The van der Waals surface area contributed by atoms with E-state index >= 15 is 0 Å². The molecule has 10 heteroatoms. The van der Waals surface area contributed by atoms with Crippen LogP contribution in [0.5, 0.6) is 11.5 Å². The summed E-state index contributed by atoms with van der Waals surface area (Å²) < 4.78 is 0. The molecule has 2 rings (SSSR count). The Labute approximate surface area is 153 Å². The maximum absolute atomic E-state index is 10.8. The molecule has 0 heterocycles. The van der Waals surface area contributed by atoms with Gasteiger partial charge in [0.05, 0.1) is 22.4 Å². The molecule has 10 nitrogen and oxygen atoms in total. The molecule has 2 N–H and O–H groups in total. The number of hydrogen-bond donors (Lipinski definition) is 2. The number of aromatic hydroxyl groups is 2. The van der Waals surface area contributed by atoms with Gasteiger partial charge in [0.2, 0.25) is 0 Å². The van der Waals surface area contributed by atoms with Crippen LogP contribution in [0.4, 0.5) is 11.4 Å². The lowest BCUT2D eigenvalue weighted by Crippen LogP contribution is -2.04. The lowest BCUT2D eigenvalue weighted by atomic mass is 10.2. The second-order valence-electron chi connectivity index (χ2n) is 5.62. The number of rotatable bonds is 7. The molecule has 0 aromatic heterocycles. The Morgan fingerprint density at radius 2 is 1.44 bits per heavy atom. The number of phenols is 2. The second-order valence-corrected chi connectivity index (χ2v) is 5.62. The highest BCUT2D eigenvalue weighted by Gasteiger charge is 2.10. The van der Waals surface area contributed by atoms with Crippen LogP contribution >= 0.6 is 0 Å². The topological polar surface area (TPSA) is 151 Å². The van der Waals surface area contributed by atoms with Crippen LogP contribution < -0.4 is 0 Å². The minimum absolute atomic E-state index is 0.137. The van der Waals surface area contributed by atoms with Crippen LogP contribution in [0.15, 0.2) is 46.4 Å². The molecule has 0 bridgehead atoms. The van der Waals surface area contributed by atoms with Crippen LogP contribution in [0.1, 0.15) is 18.1 Å². The third kappa shape index (κ3) is 5.33. The van der Waals surface area contributed by atoms with E-state index in [1.54, 1.807) is 6.92 Å². The fourth-order valence-electron chi connectivity index (χ4n) is 2.08. The number of benzene rings is 2. The molecule has 0 spiro atoms. The molecule has 0 saturated carbocycles. The van der Waals surface area contributed by atoms with Gasteiger partial charge in [0, 0.05) is 47.8 Å². The van der Waals surface area contributed by atoms with E-state index in [0.29, 0.717) is 0 Å². The van der Waals surface area contributed by atoms with Crippen molar-refractivity contribution >= 4 is 23.8 Å². The lowest BCUT2D eigenvalue weighted by molar-refractivity contribution is -0.385. The number of phenolic OH excluding ortho intramolecular Hbond substituents is 2. The van der Waals surface area contributed by atoms with E-state index in [4.69, 9.17) is 0 Å². The first-order valence-electron chi connectivity index (χ1n) is 7.75. The summed E-state index contributed by atoms with van der Waals surface area (Å²) in [5, 5.41) is 41.0. The predicted molar refractivity (Wildman–Crippen MR) is 99.0 cm³/mol. The quantitative estimate of drug-likeness (QED) is 0.433. The Balaban J connectivity index is 2.05. The van der Waals surface area contributed by atoms with E-state index in [1.807, 2.05) is 0 Å². The van der Waals surface area contributed by atoms with Gasteiger partial charge in [-0.1, -0.05) is 0 Å². The van der Waals surface area contributed by atoms with Crippen LogP contribution in [0, 0.1) is 20.2 Å². The Hall–Kier alpha value is -3.82. The smallest absolute Gasteiger partial charge is 0.270 e. The normalized spacial score (nSPS) is 12.5. The van der Waals surface area contributed by atoms with Crippen molar-refractivity contribution in [1.82, 2.24) is 0 Å². The predicted octanol–water partition coefficient (Wildman–Crippen LogP) is 2.84. The van der Waals surface area contributed by atoms with Gasteiger partial charge in [-0.3, -0.25) is 30.2 Å². The fourth-order valence-corrected chi connectivity index (χ4v) is 2.08. The Bertz CT molecular complexity index is 926. The first kappa shape index (κ1) is 19.5. The van der Waals surface area contributed by atoms with Crippen molar-refractivity contribution in [2.24, 2.45) is 9.98 Å². The molecular formula is C17H16N4O6. The van der Waals surface area contributed by atoms with Crippen molar-refractivity contribution in [3.05, 3.63) is 67.8 Å². The standard InChI is InChI=1S/C17H16N4O6/c1-11(19-10-13-7-15(21(26)27)3-5-17(13)23)8-18-9-12-6-14(20(24)25)2-4-16(12)22/h2-7,9-11,22-23H,8H2,1H3/t11-/m1/s1. The third-order valence-corrected chi connectivity index (χ3v) is 3.51. The Kier molecular flexibility index (Phi) is 6.15. The molecule has 0 unspecified atom stereocenters. The summed E-state index contributed by atoms with van der Waals surface area (Å²) >= 11 is 0. The van der Waals surface area contributed by atoms with E-state index in [-0.39, 0.29) is 46.6 Å². The monoisotopic (exact) mass is 372 g/mol. The molecule has 1 atom stereocenters. The van der Waals surface area contributed by atoms with Gasteiger partial charge in [0.1, 0.15) is 11.5 Å². The summed E-state index contributed by atoms with van der Waals surface area (Å²) in [4.78, 5) is 28.6. The van der Waals surface area contributed by atoms with Crippen LogP contribution in [0.2, 0.25) is 0 Å². The van der Waals surface area contributed by atoms with Crippen molar-refractivity contribution in [2.75, 3.05) is 6.54 Å². The third-order valence-electron chi connectivity index (χ3n) is 3.51. The maximum atomic E-state index is 10.8. The molecule has 0 aliphatic rings. The summed E-state index contributed by atoms with van der Waals surface area (Å²) in [5.74, 6) is -0.274. The number of hydrogen-bond acceptors (Lipinski definition) is 8. The van der Waals surface area contributed by atoms with Gasteiger partial charge in [-0.2, -0.15) is 0 Å². The molecule has 0 saturated heterocycles. The van der Waals surface area contributed by atoms with Crippen LogP contribution in [-0.4, -0.2) is 45.1 Å². The summed E-state index contributed by atoms with van der Waals surface area (Å²) in [6.45, 7) is 1.93. The number of nitrogens with zero attached hydrogens (tertiary/aromatic N) is 4. The van der Waals surface area contributed by atoms with Gasteiger partial charge in [0.15, 0.2) is 0 Å². The summed E-state index contributed by atoms with van der Waals surface area (Å²) in [6.07, 6.45) is 2.62. The summed E-state index contributed by atoms with van der Waals surface area (Å²) in [6, 6.07) is 6.88. The number of nitro groups is 2. The molecular weight excluding hydrogens is 356 g/mol. The minimum Gasteiger partial charge on any atom is -0.507 e. The van der Waals surface area contributed by atoms with Crippen molar-refractivity contribution in [3.63, 3.8) is 0 Å². The van der Waals surface area contributed by atoms with Crippen molar-refractivity contribution in [1.29, 1.82) is 0 Å². The SMILES string of the molecule is C[C@H](CN=Cc1cc([N+](=O)[O-])ccc1O)N=Cc1cc([N+](=O)[O-])ccc1O. The number of non-ortho nitro benzene ring substituents is 2. The highest BCUT2D eigenvalue weighted by molar-refractivity contribution is 5.85. The van der Waals surface area contributed by atoms with Gasteiger partial charge in [-0.25, -0.2) is 0 Å².